The van der Waals surface area contributed by atoms with Crippen molar-refractivity contribution in [1.29, 1.82) is 0 Å². The second-order valence-electron chi connectivity index (χ2n) is 11.4. The molecule has 2 amide bonds. The van der Waals surface area contributed by atoms with E-state index in [0.29, 0.717) is 24.7 Å². The third kappa shape index (κ3) is 5.33. The number of hydrogen-bond donors (Lipinski definition) is 0. The van der Waals surface area contributed by atoms with Gasteiger partial charge in [-0.3, -0.25) is 19.4 Å². The van der Waals surface area contributed by atoms with Crippen LogP contribution < -0.4 is 9.80 Å². The summed E-state index contributed by atoms with van der Waals surface area (Å²) < 4.78 is 11.6. The van der Waals surface area contributed by atoms with Crippen LogP contribution in [0.15, 0.2) is 28.1 Å². The lowest BCUT2D eigenvalue weighted by atomic mass is 9.87. The normalized spacial score (nSPS) is 18.9. The summed E-state index contributed by atoms with van der Waals surface area (Å²) in [5, 5.41) is 2.82. The number of nitrogens with zero attached hydrogens (tertiary/aromatic N) is 4. The van der Waals surface area contributed by atoms with Crippen molar-refractivity contribution < 1.29 is 18.7 Å². The third-order valence-electron chi connectivity index (χ3n) is 8.55. The Morgan fingerprint density at radius 2 is 1.93 bits per heavy atom. The zero-order chi connectivity index (χ0) is 27.8. The zero-order valence-electron chi connectivity index (χ0n) is 23.6. The predicted molar refractivity (Wildman–Crippen MR) is 157 cm³/mol. The molecule has 8 nitrogen and oxygen atoms in total. The summed E-state index contributed by atoms with van der Waals surface area (Å²) in [6, 6.07) is 4.16. The maximum Gasteiger partial charge on any atom is 0.232 e. The van der Waals surface area contributed by atoms with E-state index in [9.17, 15) is 9.59 Å². The van der Waals surface area contributed by atoms with Gasteiger partial charge in [-0.05, 0) is 76.8 Å². The summed E-state index contributed by atoms with van der Waals surface area (Å²) in [7, 11) is 0. The fraction of sp³-hybridized carbons (Fsp3) is 0.548. The molecular weight excluding hydrogens is 524 g/mol. The van der Waals surface area contributed by atoms with Gasteiger partial charge in [-0.1, -0.05) is 6.92 Å². The van der Waals surface area contributed by atoms with Crippen LogP contribution in [0.2, 0.25) is 0 Å². The van der Waals surface area contributed by atoms with E-state index >= 15 is 0 Å². The number of amides is 2. The van der Waals surface area contributed by atoms with Crippen LogP contribution in [0.1, 0.15) is 69.8 Å². The molecular formula is C31H38N4O4S. The van der Waals surface area contributed by atoms with Crippen molar-refractivity contribution in [3.63, 3.8) is 0 Å². The molecule has 3 aromatic heterocycles. The summed E-state index contributed by atoms with van der Waals surface area (Å²) in [5.74, 6) is 3.18. The number of anilines is 2. The van der Waals surface area contributed by atoms with Crippen LogP contribution in [0.3, 0.4) is 0 Å². The summed E-state index contributed by atoms with van der Waals surface area (Å²) in [6.07, 6.45) is 9.17. The maximum absolute atomic E-state index is 13.9. The first-order chi connectivity index (χ1) is 19.4. The first kappa shape index (κ1) is 27.1. The van der Waals surface area contributed by atoms with Crippen molar-refractivity contribution in [2.45, 2.75) is 78.2 Å². The van der Waals surface area contributed by atoms with Crippen molar-refractivity contribution in [2.24, 2.45) is 11.8 Å². The largest absolute Gasteiger partial charge is 0.465 e. The van der Waals surface area contributed by atoms with Crippen LogP contribution >= 0.6 is 11.3 Å². The van der Waals surface area contributed by atoms with Gasteiger partial charge in [0.25, 0.3) is 0 Å². The van der Waals surface area contributed by atoms with E-state index in [1.165, 1.54) is 11.3 Å². The monoisotopic (exact) mass is 562 g/mol. The van der Waals surface area contributed by atoms with Gasteiger partial charge in [-0.2, -0.15) is 0 Å². The Labute approximate surface area is 239 Å². The highest BCUT2D eigenvalue weighted by molar-refractivity contribution is 7.14. The Morgan fingerprint density at radius 1 is 1.15 bits per heavy atom. The lowest BCUT2D eigenvalue weighted by molar-refractivity contribution is -0.123. The van der Waals surface area contributed by atoms with Crippen molar-refractivity contribution >= 4 is 34.1 Å². The number of pyridine rings is 1. The van der Waals surface area contributed by atoms with Crippen molar-refractivity contribution in [2.75, 3.05) is 29.6 Å². The van der Waals surface area contributed by atoms with Crippen molar-refractivity contribution in [1.82, 2.24) is 9.97 Å². The summed E-state index contributed by atoms with van der Waals surface area (Å²) in [6.45, 7) is 8.37. The molecule has 0 aromatic carbocycles. The number of carbonyl (C=O) groups is 2. The van der Waals surface area contributed by atoms with Gasteiger partial charge in [-0.15, -0.1) is 11.3 Å². The van der Waals surface area contributed by atoms with Gasteiger partial charge in [0, 0.05) is 60.8 Å². The van der Waals surface area contributed by atoms with Gasteiger partial charge in [0.2, 0.25) is 11.8 Å². The fourth-order valence-corrected chi connectivity index (χ4v) is 7.09. The second-order valence-corrected chi connectivity index (χ2v) is 12.2. The van der Waals surface area contributed by atoms with Gasteiger partial charge < -0.3 is 9.15 Å². The number of furan rings is 1. The molecule has 0 unspecified atom stereocenters. The maximum atomic E-state index is 13.9. The first-order valence-corrected chi connectivity index (χ1v) is 15.6. The van der Waals surface area contributed by atoms with E-state index in [4.69, 9.17) is 14.1 Å². The summed E-state index contributed by atoms with van der Waals surface area (Å²) >= 11 is 1.54. The number of aryl methyl sites for hydroxylation is 2. The van der Waals surface area contributed by atoms with Crippen LogP contribution in [-0.4, -0.2) is 47.6 Å². The average Bonchev–Trinajstić information content (AvgIpc) is 3.37. The van der Waals surface area contributed by atoms with Crippen LogP contribution in [0.25, 0.3) is 22.4 Å². The van der Waals surface area contributed by atoms with E-state index in [1.807, 2.05) is 42.5 Å². The van der Waals surface area contributed by atoms with Crippen molar-refractivity contribution in [3.8, 4) is 22.4 Å². The molecule has 0 spiro atoms. The van der Waals surface area contributed by atoms with Crippen LogP contribution in [-0.2, 0) is 14.3 Å². The first-order valence-electron chi connectivity index (χ1n) is 14.7. The smallest absolute Gasteiger partial charge is 0.232 e. The summed E-state index contributed by atoms with van der Waals surface area (Å²) in [4.78, 5) is 39.5. The Morgan fingerprint density at radius 3 is 2.58 bits per heavy atom. The lowest BCUT2D eigenvalue weighted by Gasteiger charge is -2.29. The van der Waals surface area contributed by atoms with E-state index in [0.717, 1.165) is 97.2 Å². The van der Waals surface area contributed by atoms with Gasteiger partial charge >= 0.3 is 0 Å². The lowest BCUT2D eigenvalue weighted by Crippen LogP contribution is -2.39. The van der Waals surface area contributed by atoms with E-state index in [1.54, 1.807) is 4.90 Å². The highest BCUT2D eigenvalue weighted by atomic mass is 32.1. The van der Waals surface area contributed by atoms with Gasteiger partial charge in [0.1, 0.15) is 17.3 Å². The highest BCUT2D eigenvalue weighted by Gasteiger charge is 2.39. The van der Waals surface area contributed by atoms with Crippen LogP contribution in [0, 0.1) is 25.7 Å². The second kappa shape index (κ2) is 11.4. The van der Waals surface area contributed by atoms with E-state index in [-0.39, 0.29) is 23.8 Å². The molecule has 3 aromatic rings. The number of carbonyl (C=O) groups excluding carboxylic acids is 2. The molecule has 2 aliphatic heterocycles. The minimum absolute atomic E-state index is 0.0107. The molecule has 9 heteroatoms. The minimum Gasteiger partial charge on any atom is -0.465 e. The molecule has 0 N–H and O–H groups in total. The number of aromatic nitrogens is 2. The molecule has 2 saturated heterocycles. The average molecular weight is 563 g/mol. The number of ether oxygens (including phenoxy) is 1. The molecule has 0 bridgehead atoms. The predicted octanol–water partition coefficient (Wildman–Crippen LogP) is 6.55. The number of hydrogen-bond acceptors (Lipinski definition) is 7. The molecule has 5 heterocycles. The quantitative estimate of drug-likeness (QED) is 0.294. The molecule has 0 radical (unpaired) electrons. The topological polar surface area (TPSA) is 88.8 Å². The van der Waals surface area contributed by atoms with E-state index in [2.05, 4.69) is 11.9 Å². The SMILES string of the molecule is CC[C@H](CC1CCOCC1)C(=O)N(c1nc(-c2c(C)oc(C)c2-c2ccc(N3CCCC3=O)nc2)cs1)C1CC1. The van der Waals surface area contributed by atoms with Gasteiger partial charge in [0.05, 0.1) is 11.3 Å². The molecule has 3 fully saturated rings. The van der Waals surface area contributed by atoms with E-state index < -0.39 is 0 Å². The molecule has 6 rings (SSSR count). The van der Waals surface area contributed by atoms with Crippen LogP contribution in [0.5, 0.6) is 0 Å². The van der Waals surface area contributed by atoms with Gasteiger partial charge in [0.15, 0.2) is 5.13 Å². The molecule has 3 aliphatic rings. The fourth-order valence-electron chi connectivity index (χ4n) is 6.20. The van der Waals surface area contributed by atoms with Crippen LogP contribution in [0.4, 0.5) is 10.9 Å². The minimum atomic E-state index is 0.0107. The van der Waals surface area contributed by atoms with Gasteiger partial charge in [-0.25, -0.2) is 9.97 Å². The molecule has 40 heavy (non-hydrogen) atoms. The highest BCUT2D eigenvalue weighted by Crippen LogP contribution is 2.43. The Hall–Kier alpha value is -3.04. The number of rotatable bonds is 9. The Bertz CT molecular complexity index is 1370. The molecule has 1 saturated carbocycles. The zero-order valence-corrected chi connectivity index (χ0v) is 24.5. The summed E-state index contributed by atoms with van der Waals surface area (Å²) in [5.41, 5.74) is 3.63. The molecule has 1 atom stereocenters. The Kier molecular flexibility index (Phi) is 7.77. The standard InChI is InChI=1S/C31H38N4O4S/c1-4-22(16-21-11-14-38-15-12-21)30(37)35(24-8-9-24)31-33-25(18-40-31)29-20(3)39-19(2)28(29)23-7-10-26(32-17-23)34-13-5-6-27(34)36/h7,10,17-18,21-22,24H,4-6,8-9,11-16H2,1-3H3/t22-/m1/s1. The van der Waals surface area contributed by atoms with Crippen molar-refractivity contribution in [3.05, 3.63) is 35.2 Å². The third-order valence-corrected chi connectivity index (χ3v) is 9.39. The number of thiazole rings is 1. The molecule has 212 valence electrons. The molecule has 1 aliphatic carbocycles. The Balaban J connectivity index is 1.27.